The smallest absolute Gasteiger partial charge is 0.241 e. The summed E-state index contributed by atoms with van der Waals surface area (Å²) in [5.74, 6) is 1.48. The number of carbonyl (C=O) groups is 1. The van der Waals surface area contributed by atoms with Crippen molar-refractivity contribution in [3.8, 4) is 5.75 Å². The lowest BCUT2D eigenvalue weighted by molar-refractivity contribution is -0.127. The van der Waals surface area contributed by atoms with Crippen molar-refractivity contribution < 1.29 is 14.3 Å². The van der Waals surface area contributed by atoms with Crippen molar-refractivity contribution in [2.24, 2.45) is 10.4 Å². The number of methoxy groups -OCH3 is 2. The molecule has 1 saturated carbocycles. The number of likely N-dealkylation sites (N-methyl/N-ethyl adjacent to an activating group) is 1. The van der Waals surface area contributed by atoms with Crippen LogP contribution < -0.4 is 15.4 Å². The zero-order valence-electron chi connectivity index (χ0n) is 19.0. The molecule has 2 rings (SSSR count). The maximum Gasteiger partial charge on any atom is 0.241 e. The third-order valence-electron chi connectivity index (χ3n) is 6.18. The number of rotatable bonds is 9. The molecule has 0 bridgehead atoms. The van der Waals surface area contributed by atoms with E-state index >= 15 is 0 Å². The van der Waals surface area contributed by atoms with E-state index in [1.165, 1.54) is 0 Å². The maximum atomic E-state index is 12.0. The number of hydrogen-bond donors (Lipinski definition) is 2. The summed E-state index contributed by atoms with van der Waals surface area (Å²) in [7, 11) is 6.94. The molecule has 1 aliphatic carbocycles. The number of amides is 1. The van der Waals surface area contributed by atoms with E-state index in [1.807, 2.05) is 24.3 Å². The first-order chi connectivity index (χ1) is 13.9. The Balaban J connectivity index is 0.00000450. The monoisotopic (exact) mass is 532 g/mol. The molecule has 0 aromatic heterocycles. The topological polar surface area (TPSA) is 75.2 Å². The SMILES string of the molecule is CCC1(CC)C(NC(=NCc2ccc(OC)cc2)NCC(=O)N(C)C)CC1OC.I. The van der Waals surface area contributed by atoms with Gasteiger partial charge in [-0.25, -0.2) is 4.99 Å². The van der Waals surface area contributed by atoms with E-state index in [1.54, 1.807) is 33.2 Å². The van der Waals surface area contributed by atoms with Crippen LogP contribution in [-0.4, -0.2) is 63.8 Å². The molecule has 2 N–H and O–H groups in total. The lowest BCUT2D eigenvalue weighted by atomic mass is 9.58. The second-order valence-electron chi connectivity index (χ2n) is 7.75. The maximum absolute atomic E-state index is 12.0. The molecule has 0 radical (unpaired) electrons. The largest absolute Gasteiger partial charge is 0.497 e. The minimum Gasteiger partial charge on any atom is -0.497 e. The summed E-state index contributed by atoms with van der Waals surface area (Å²) in [6.07, 6.45) is 3.24. The van der Waals surface area contributed by atoms with Gasteiger partial charge < -0.3 is 25.0 Å². The summed E-state index contributed by atoms with van der Waals surface area (Å²) in [4.78, 5) is 18.3. The number of guanidine groups is 1. The van der Waals surface area contributed by atoms with E-state index < -0.39 is 0 Å². The quantitative estimate of drug-likeness (QED) is 0.291. The van der Waals surface area contributed by atoms with E-state index in [0.717, 1.165) is 30.6 Å². The Bertz CT molecular complexity index is 690. The second kappa shape index (κ2) is 12.3. The fourth-order valence-corrected chi connectivity index (χ4v) is 4.02. The Kier molecular flexibility index (Phi) is 10.9. The van der Waals surface area contributed by atoms with Crippen molar-refractivity contribution in [2.45, 2.75) is 51.8 Å². The second-order valence-corrected chi connectivity index (χ2v) is 7.75. The first-order valence-electron chi connectivity index (χ1n) is 10.3. The minimum atomic E-state index is 0. The minimum absolute atomic E-state index is 0. The van der Waals surface area contributed by atoms with Crippen molar-refractivity contribution in [1.29, 1.82) is 0 Å². The first-order valence-corrected chi connectivity index (χ1v) is 10.3. The highest BCUT2D eigenvalue weighted by atomic mass is 127. The third kappa shape index (κ3) is 6.23. The van der Waals surface area contributed by atoms with Crippen LogP contribution in [0.2, 0.25) is 0 Å². The van der Waals surface area contributed by atoms with Crippen molar-refractivity contribution in [2.75, 3.05) is 34.9 Å². The van der Waals surface area contributed by atoms with E-state index in [4.69, 9.17) is 14.5 Å². The van der Waals surface area contributed by atoms with Crippen LogP contribution in [0.3, 0.4) is 0 Å². The Morgan fingerprint density at radius 3 is 2.33 bits per heavy atom. The predicted octanol–water partition coefficient (Wildman–Crippen LogP) is 3.03. The van der Waals surface area contributed by atoms with Gasteiger partial charge in [0.2, 0.25) is 5.91 Å². The summed E-state index contributed by atoms with van der Waals surface area (Å²) >= 11 is 0. The first kappa shape index (κ1) is 26.5. The number of nitrogens with one attached hydrogen (secondary N) is 2. The molecule has 0 spiro atoms. The van der Waals surface area contributed by atoms with Gasteiger partial charge in [-0.2, -0.15) is 0 Å². The van der Waals surface area contributed by atoms with Gasteiger partial charge in [0.1, 0.15) is 5.75 Å². The number of aliphatic imine (C=N–C) groups is 1. The van der Waals surface area contributed by atoms with Gasteiger partial charge in [-0.3, -0.25) is 4.79 Å². The highest BCUT2D eigenvalue weighted by Gasteiger charge is 2.53. The molecule has 8 heteroatoms. The average molecular weight is 532 g/mol. The molecule has 7 nitrogen and oxygen atoms in total. The molecule has 0 heterocycles. The van der Waals surface area contributed by atoms with Crippen LogP contribution in [-0.2, 0) is 16.1 Å². The molecule has 30 heavy (non-hydrogen) atoms. The summed E-state index contributed by atoms with van der Waals surface area (Å²) in [6.45, 7) is 5.13. The molecular formula is C22H37IN4O3. The number of benzene rings is 1. The number of nitrogens with zero attached hydrogens (tertiary/aromatic N) is 2. The van der Waals surface area contributed by atoms with E-state index in [2.05, 4.69) is 24.5 Å². The number of hydrogen-bond acceptors (Lipinski definition) is 4. The number of ether oxygens (including phenoxy) is 2. The standard InChI is InChI=1S/C22H36N4O3.HI/c1-7-22(8-2)18(13-19(22)29-6)25-21(24-15-20(27)26(3)4)23-14-16-9-11-17(28-5)12-10-16;/h9-12,18-19H,7-8,13-15H2,1-6H3,(H2,23,24,25);1H. The van der Waals surface area contributed by atoms with Crippen molar-refractivity contribution in [3.05, 3.63) is 29.8 Å². The predicted molar refractivity (Wildman–Crippen MR) is 132 cm³/mol. The normalized spacial score (nSPS) is 19.9. The van der Waals surface area contributed by atoms with Crippen molar-refractivity contribution in [3.63, 3.8) is 0 Å². The van der Waals surface area contributed by atoms with Crippen LogP contribution in [0.4, 0.5) is 0 Å². The summed E-state index contributed by atoms with van der Waals surface area (Å²) in [5, 5.41) is 6.75. The molecule has 2 atom stereocenters. The van der Waals surface area contributed by atoms with Crippen LogP contribution in [0, 0.1) is 5.41 Å². The highest BCUT2D eigenvalue weighted by molar-refractivity contribution is 14.0. The van der Waals surface area contributed by atoms with Gasteiger partial charge >= 0.3 is 0 Å². The van der Waals surface area contributed by atoms with Crippen LogP contribution in [0.1, 0.15) is 38.7 Å². The van der Waals surface area contributed by atoms with Crippen molar-refractivity contribution in [1.82, 2.24) is 15.5 Å². The average Bonchev–Trinajstić information content (AvgIpc) is 2.73. The lowest BCUT2D eigenvalue weighted by Gasteiger charge is -2.55. The van der Waals surface area contributed by atoms with Gasteiger partial charge in [0.05, 0.1) is 26.3 Å². The van der Waals surface area contributed by atoms with Gasteiger partial charge in [-0.1, -0.05) is 26.0 Å². The zero-order valence-corrected chi connectivity index (χ0v) is 21.4. The van der Waals surface area contributed by atoms with Gasteiger partial charge in [0, 0.05) is 32.7 Å². The fourth-order valence-electron chi connectivity index (χ4n) is 4.02. The zero-order chi connectivity index (χ0) is 21.4. The molecule has 1 amide bonds. The van der Waals surface area contributed by atoms with Gasteiger partial charge in [0.25, 0.3) is 0 Å². The molecule has 170 valence electrons. The molecule has 0 saturated heterocycles. The molecule has 1 aromatic carbocycles. The summed E-state index contributed by atoms with van der Waals surface area (Å²) < 4.78 is 10.9. The molecule has 0 aliphatic heterocycles. The highest BCUT2D eigenvalue weighted by Crippen LogP contribution is 2.48. The molecule has 1 fully saturated rings. The van der Waals surface area contributed by atoms with Crippen LogP contribution >= 0.6 is 24.0 Å². The lowest BCUT2D eigenvalue weighted by Crippen LogP contribution is -2.65. The Labute approximate surface area is 198 Å². The molecule has 2 unspecified atom stereocenters. The van der Waals surface area contributed by atoms with Crippen molar-refractivity contribution >= 4 is 35.8 Å². The molecule has 1 aliphatic rings. The van der Waals surface area contributed by atoms with Gasteiger partial charge in [-0.05, 0) is 37.0 Å². The number of halogens is 1. The van der Waals surface area contributed by atoms with E-state index in [9.17, 15) is 4.79 Å². The Hall–Kier alpha value is -1.55. The van der Waals surface area contributed by atoms with Gasteiger partial charge in [0.15, 0.2) is 5.96 Å². The Morgan fingerprint density at radius 2 is 1.83 bits per heavy atom. The molecular weight excluding hydrogens is 495 g/mol. The Morgan fingerprint density at radius 1 is 1.20 bits per heavy atom. The summed E-state index contributed by atoms with van der Waals surface area (Å²) in [6, 6.07) is 8.11. The fraction of sp³-hybridized carbons (Fsp3) is 0.636. The van der Waals surface area contributed by atoms with Crippen LogP contribution in [0.15, 0.2) is 29.3 Å². The van der Waals surface area contributed by atoms with Gasteiger partial charge in [-0.15, -0.1) is 24.0 Å². The summed E-state index contributed by atoms with van der Waals surface area (Å²) in [5.41, 5.74) is 1.16. The van der Waals surface area contributed by atoms with E-state index in [-0.39, 0.29) is 54.0 Å². The van der Waals surface area contributed by atoms with Crippen LogP contribution in [0.5, 0.6) is 5.75 Å². The molecule has 1 aromatic rings. The van der Waals surface area contributed by atoms with Crippen LogP contribution in [0.25, 0.3) is 0 Å². The van der Waals surface area contributed by atoms with E-state index in [0.29, 0.717) is 12.5 Å². The number of carbonyl (C=O) groups excluding carboxylic acids is 1. The third-order valence-corrected chi connectivity index (χ3v) is 6.18.